The maximum absolute atomic E-state index is 12.5. The number of benzene rings is 1. The predicted octanol–water partition coefficient (Wildman–Crippen LogP) is 1.85. The van der Waals surface area contributed by atoms with Crippen LogP contribution in [0.4, 0.5) is 0 Å². The monoisotopic (exact) mass is 482 g/mol. The molecule has 2 heterocycles. The molecule has 0 amide bonds. The minimum atomic E-state index is -0.0919. The molecule has 2 aliphatic heterocycles. The van der Waals surface area contributed by atoms with Gasteiger partial charge in [0.2, 0.25) is 0 Å². The minimum Gasteiger partial charge on any atom is -1.00 e. The average Bonchev–Trinajstić information content (AvgIpc) is 3.30. The van der Waals surface area contributed by atoms with Crippen LogP contribution in [0.5, 0.6) is 0 Å². The first-order valence-corrected chi connectivity index (χ1v) is 12.0. The van der Waals surface area contributed by atoms with E-state index in [1.54, 1.807) is 0 Å². The highest BCUT2D eigenvalue weighted by Gasteiger charge is 2.44. The summed E-state index contributed by atoms with van der Waals surface area (Å²) in [5, 5.41) is 1.25. The lowest BCUT2D eigenvalue weighted by atomic mass is 10.1. The predicted molar refractivity (Wildman–Crippen MR) is 117 cm³/mol. The quantitative estimate of drug-likeness (QED) is 0.258. The molecule has 0 saturated carbocycles. The second-order valence-corrected chi connectivity index (χ2v) is 8.89. The standard InChI is InChI=1S/C23H35N2O2S.BrH/c1-2-3-4-5-6-7-8-12-16-27-22(26)19-25-21(20-13-10-9-11-14-20)18-24-15-17-28-23(24)25;/h9-11,13-14,21H,2-8,12,15-19H2,1H3;1H/q+1;/p-1. The number of hydrogen-bond donors (Lipinski definition) is 0. The van der Waals surface area contributed by atoms with E-state index < -0.39 is 0 Å². The third-order valence-electron chi connectivity index (χ3n) is 5.62. The third kappa shape index (κ3) is 7.32. The van der Waals surface area contributed by atoms with Crippen LogP contribution < -0.4 is 17.0 Å². The number of halogens is 1. The van der Waals surface area contributed by atoms with Crippen molar-refractivity contribution in [1.82, 2.24) is 4.90 Å². The number of unbranched alkanes of at least 4 members (excludes halogenated alkanes) is 7. The number of carbonyl (C=O) groups excluding carboxylic acids is 1. The van der Waals surface area contributed by atoms with Gasteiger partial charge in [0, 0.05) is 11.3 Å². The van der Waals surface area contributed by atoms with Crippen LogP contribution in [0.15, 0.2) is 30.3 Å². The Morgan fingerprint density at radius 1 is 1.10 bits per heavy atom. The highest BCUT2D eigenvalue weighted by molar-refractivity contribution is 8.13. The molecule has 6 heteroatoms. The average molecular weight is 484 g/mol. The number of carbonyl (C=O) groups is 1. The Kier molecular flexibility index (Phi) is 11.1. The number of nitrogens with zero attached hydrogens (tertiary/aromatic N) is 2. The van der Waals surface area contributed by atoms with Crippen LogP contribution in [0.1, 0.15) is 69.9 Å². The molecular formula is C23H35BrN2O2S. The van der Waals surface area contributed by atoms with Crippen LogP contribution in [-0.2, 0) is 9.53 Å². The van der Waals surface area contributed by atoms with Crippen molar-refractivity contribution >= 4 is 22.9 Å². The molecule has 162 valence electrons. The lowest BCUT2D eigenvalue weighted by Crippen LogP contribution is -3.00. The molecule has 3 rings (SSSR count). The highest BCUT2D eigenvalue weighted by atomic mass is 79.9. The number of hydrogen-bond acceptors (Lipinski definition) is 4. The van der Waals surface area contributed by atoms with E-state index >= 15 is 0 Å². The largest absolute Gasteiger partial charge is 1.00 e. The molecule has 0 N–H and O–H groups in total. The van der Waals surface area contributed by atoms with Gasteiger partial charge in [-0.3, -0.25) is 4.58 Å². The van der Waals surface area contributed by atoms with Gasteiger partial charge in [0.15, 0.2) is 12.6 Å². The van der Waals surface area contributed by atoms with Crippen LogP contribution in [-0.4, -0.2) is 52.6 Å². The van der Waals surface area contributed by atoms with Gasteiger partial charge in [-0.05, 0) is 18.2 Å². The van der Waals surface area contributed by atoms with Gasteiger partial charge in [0.05, 0.1) is 13.2 Å². The number of thioether (sulfide) groups is 1. The molecule has 29 heavy (non-hydrogen) atoms. The van der Waals surface area contributed by atoms with E-state index in [2.05, 4.69) is 40.7 Å². The Balaban J connectivity index is 0.00000300. The topological polar surface area (TPSA) is 32.5 Å². The van der Waals surface area contributed by atoms with Gasteiger partial charge < -0.3 is 21.7 Å². The van der Waals surface area contributed by atoms with Crippen LogP contribution in [0, 0.1) is 0 Å². The fourth-order valence-electron chi connectivity index (χ4n) is 4.05. The molecule has 1 aromatic carbocycles. The first-order valence-electron chi connectivity index (χ1n) is 11.0. The molecular weight excluding hydrogens is 448 g/mol. The molecule has 0 aromatic heterocycles. The fraction of sp³-hybridized carbons (Fsp3) is 0.652. The molecule has 2 aliphatic rings. The summed E-state index contributed by atoms with van der Waals surface area (Å²) in [6.45, 7) is 5.21. The summed E-state index contributed by atoms with van der Waals surface area (Å²) in [6, 6.07) is 10.8. The molecule has 0 aliphatic carbocycles. The summed E-state index contributed by atoms with van der Waals surface area (Å²) >= 11 is 1.87. The van der Waals surface area contributed by atoms with Crippen molar-refractivity contribution in [1.29, 1.82) is 0 Å². The lowest BCUT2D eigenvalue weighted by molar-refractivity contribution is -0.511. The minimum absolute atomic E-state index is 0. The van der Waals surface area contributed by atoms with Crippen LogP contribution in [0.3, 0.4) is 0 Å². The SMILES string of the molecule is CCCCCCCCCCOC(=O)CN1C2=[N+](CCS2)CC1c1ccccc1.[Br-]. The molecule has 0 radical (unpaired) electrons. The van der Waals surface area contributed by atoms with E-state index in [0.717, 1.165) is 31.7 Å². The fourth-order valence-corrected chi connectivity index (χ4v) is 5.25. The van der Waals surface area contributed by atoms with Gasteiger partial charge in [-0.25, -0.2) is 9.69 Å². The maximum Gasteiger partial charge on any atom is 0.348 e. The molecule has 1 unspecified atom stereocenters. The molecule has 1 atom stereocenters. The molecule has 4 nitrogen and oxygen atoms in total. The van der Waals surface area contributed by atoms with Crippen LogP contribution in [0.25, 0.3) is 0 Å². The summed E-state index contributed by atoms with van der Waals surface area (Å²) in [5.74, 6) is 1.02. The lowest BCUT2D eigenvalue weighted by Gasteiger charge is -2.19. The van der Waals surface area contributed by atoms with Gasteiger partial charge in [0.25, 0.3) is 0 Å². The van der Waals surface area contributed by atoms with E-state index in [4.69, 9.17) is 4.74 Å². The maximum atomic E-state index is 12.5. The summed E-state index contributed by atoms with van der Waals surface area (Å²) in [4.78, 5) is 14.7. The van der Waals surface area contributed by atoms with Crippen LogP contribution >= 0.6 is 11.8 Å². The van der Waals surface area contributed by atoms with Gasteiger partial charge in [-0.15, -0.1) is 0 Å². The number of amidine groups is 1. The number of rotatable bonds is 12. The van der Waals surface area contributed by atoms with E-state index in [1.165, 1.54) is 49.3 Å². The molecule has 1 aromatic rings. The highest BCUT2D eigenvalue weighted by Crippen LogP contribution is 2.32. The number of ether oxygens (including phenoxy) is 1. The Labute approximate surface area is 190 Å². The van der Waals surface area contributed by atoms with Crippen molar-refractivity contribution in [3.8, 4) is 0 Å². The number of esters is 1. The summed E-state index contributed by atoms with van der Waals surface area (Å²) in [6.07, 6.45) is 10.1. The van der Waals surface area contributed by atoms with E-state index in [1.807, 2.05) is 17.8 Å². The zero-order valence-electron chi connectivity index (χ0n) is 17.7. The Morgan fingerprint density at radius 2 is 1.79 bits per heavy atom. The summed E-state index contributed by atoms with van der Waals surface area (Å²) in [5.41, 5.74) is 1.28. The van der Waals surface area contributed by atoms with Crippen molar-refractivity contribution in [2.45, 2.75) is 64.3 Å². The summed E-state index contributed by atoms with van der Waals surface area (Å²) in [7, 11) is 0. The normalized spacial score (nSPS) is 18.0. The second-order valence-electron chi connectivity index (χ2n) is 7.83. The Morgan fingerprint density at radius 3 is 2.52 bits per heavy atom. The zero-order chi connectivity index (χ0) is 19.6. The third-order valence-corrected chi connectivity index (χ3v) is 6.76. The van der Waals surface area contributed by atoms with Gasteiger partial charge in [-0.2, -0.15) is 0 Å². The molecule has 0 fully saturated rings. The van der Waals surface area contributed by atoms with E-state index in [0.29, 0.717) is 13.2 Å². The molecule has 0 bridgehead atoms. The van der Waals surface area contributed by atoms with Gasteiger partial charge in [-0.1, -0.05) is 82.2 Å². The van der Waals surface area contributed by atoms with Crippen LogP contribution in [0.2, 0.25) is 0 Å². The Hall–Kier alpha value is -1.01. The first-order chi connectivity index (χ1) is 13.8. The smallest absolute Gasteiger partial charge is 0.348 e. The second kappa shape index (κ2) is 13.3. The Bertz CT molecular complexity index is 654. The van der Waals surface area contributed by atoms with E-state index in [9.17, 15) is 4.79 Å². The van der Waals surface area contributed by atoms with Crippen molar-refractivity contribution < 1.29 is 31.1 Å². The summed E-state index contributed by atoms with van der Waals surface area (Å²) < 4.78 is 7.97. The van der Waals surface area contributed by atoms with Gasteiger partial charge >= 0.3 is 11.1 Å². The zero-order valence-corrected chi connectivity index (χ0v) is 20.1. The first kappa shape index (κ1) is 24.3. The van der Waals surface area contributed by atoms with Crippen molar-refractivity contribution in [2.75, 3.05) is 32.0 Å². The molecule has 0 saturated heterocycles. The van der Waals surface area contributed by atoms with Crippen molar-refractivity contribution in [3.63, 3.8) is 0 Å². The van der Waals surface area contributed by atoms with E-state index in [-0.39, 0.29) is 29.0 Å². The van der Waals surface area contributed by atoms with Gasteiger partial charge in [0.1, 0.15) is 6.54 Å². The van der Waals surface area contributed by atoms with Crippen molar-refractivity contribution in [3.05, 3.63) is 35.9 Å². The molecule has 0 spiro atoms. The van der Waals surface area contributed by atoms with Crippen molar-refractivity contribution in [2.24, 2.45) is 0 Å².